The molecule has 25 heavy (non-hydrogen) atoms. The molecule has 0 heterocycles. The van der Waals surface area contributed by atoms with E-state index in [-0.39, 0.29) is 50.4 Å². The van der Waals surface area contributed by atoms with Crippen LogP contribution in [0, 0.1) is 10.1 Å². The third-order valence-corrected chi connectivity index (χ3v) is 2.97. The zero-order chi connectivity index (χ0) is 18.6. The first-order valence-corrected chi connectivity index (χ1v) is 8.07. The lowest BCUT2D eigenvalue weighted by Crippen LogP contribution is -3.00. The minimum absolute atomic E-state index is 0. The molecule has 0 amide bonds. The van der Waals surface area contributed by atoms with Gasteiger partial charge in [0.1, 0.15) is 6.54 Å². The molecule has 0 aliphatic heterocycles. The number of carbonyl (C=O) groups is 2. The summed E-state index contributed by atoms with van der Waals surface area (Å²) in [4.78, 5) is 37.7. The Bertz CT molecular complexity index is 413. The second-order valence-electron chi connectivity index (χ2n) is 6.46. The molecule has 9 nitrogen and oxygen atoms in total. The first-order chi connectivity index (χ1) is 11.1. The molecular formula is C15H29ClN2O7. The van der Waals surface area contributed by atoms with E-state index in [1.165, 1.54) is 0 Å². The molecule has 0 aromatic heterocycles. The van der Waals surface area contributed by atoms with Crippen LogP contribution in [0.4, 0.5) is 0 Å². The Labute approximate surface area is 154 Å². The molecule has 0 aromatic carbocycles. The highest BCUT2D eigenvalue weighted by Crippen LogP contribution is 2.10. The Hall–Kier alpha value is -1.61. The van der Waals surface area contributed by atoms with Crippen molar-refractivity contribution < 1.29 is 45.9 Å². The van der Waals surface area contributed by atoms with Crippen molar-refractivity contribution in [2.24, 2.45) is 0 Å². The van der Waals surface area contributed by atoms with E-state index in [4.69, 9.17) is 9.47 Å². The predicted octanol–water partition coefficient (Wildman–Crippen LogP) is -1.67. The molecule has 0 rings (SSSR count). The highest BCUT2D eigenvalue weighted by molar-refractivity contribution is 5.72. The van der Waals surface area contributed by atoms with E-state index < -0.39 is 11.2 Å². The van der Waals surface area contributed by atoms with Gasteiger partial charge in [-0.25, -0.2) is 0 Å². The van der Waals surface area contributed by atoms with Crippen LogP contribution in [0.5, 0.6) is 0 Å². The number of hydrogen-bond donors (Lipinski definition) is 0. The van der Waals surface area contributed by atoms with Crippen molar-refractivity contribution in [3.63, 3.8) is 0 Å². The van der Waals surface area contributed by atoms with Gasteiger partial charge in [-0.05, 0) is 19.8 Å². The summed E-state index contributed by atoms with van der Waals surface area (Å²) >= 11 is 0. The molecule has 0 N–H and O–H groups in total. The van der Waals surface area contributed by atoms with Gasteiger partial charge >= 0.3 is 11.9 Å². The summed E-state index contributed by atoms with van der Waals surface area (Å²) in [5, 5.41) is 9.15. The van der Waals surface area contributed by atoms with Gasteiger partial charge < -0.3 is 31.2 Å². The van der Waals surface area contributed by atoms with E-state index in [0.717, 1.165) is 0 Å². The van der Waals surface area contributed by atoms with Crippen LogP contribution in [0.1, 0.15) is 39.0 Å². The number of nitrogens with zero attached hydrogens (tertiary/aromatic N) is 2. The molecule has 0 saturated carbocycles. The maximum absolute atomic E-state index is 11.9. The van der Waals surface area contributed by atoms with Crippen molar-refractivity contribution in [3.05, 3.63) is 10.1 Å². The van der Waals surface area contributed by atoms with Crippen molar-refractivity contribution in [2.45, 2.75) is 45.1 Å². The average Bonchev–Trinajstić information content (AvgIpc) is 2.40. The molecule has 0 fully saturated rings. The lowest BCUT2D eigenvalue weighted by atomic mass is 10.2. The normalized spacial score (nSPS) is 11.8. The number of halogens is 1. The van der Waals surface area contributed by atoms with Crippen LogP contribution in [0.2, 0.25) is 0 Å². The quantitative estimate of drug-likeness (QED) is 0.123. The minimum Gasteiger partial charge on any atom is -1.00 e. The molecule has 1 atom stereocenters. The smallest absolute Gasteiger partial charge is 0.309 e. The second kappa shape index (κ2) is 13.7. The largest absolute Gasteiger partial charge is 1.00 e. The standard InChI is InChI=1S/C15H29N2O7.ClH/c1-5-22-15(19)11-13(12-17(2,3)4)24-14(18)9-7-6-8-10-23-16(20)21;/h13H,5-12H2,1-4H3;1H/q+1;/p-1/t13-;/m0./s1. The van der Waals surface area contributed by atoms with Gasteiger partial charge in [-0.1, -0.05) is 6.42 Å². The summed E-state index contributed by atoms with van der Waals surface area (Å²) < 4.78 is 10.9. The van der Waals surface area contributed by atoms with Crippen LogP contribution in [-0.4, -0.2) is 68.5 Å². The van der Waals surface area contributed by atoms with E-state index in [0.29, 0.717) is 30.3 Å². The topological polar surface area (TPSA) is 105 Å². The summed E-state index contributed by atoms with van der Waals surface area (Å²) in [6, 6.07) is 0. The van der Waals surface area contributed by atoms with Crippen LogP contribution >= 0.6 is 0 Å². The Kier molecular flexibility index (Phi) is 14.0. The summed E-state index contributed by atoms with van der Waals surface area (Å²) in [6.07, 6.45) is 1.38. The summed E-state index contributed by atoms with van der Waals surface area (Å²) in [5.74, 6) is -0.770. The van der Waals surface area contributed by atoms with E-state index in [1.54, 1.807) is 6.92 Å². The summed E-state index contributed by atoms with van der Waals surface area (Å²) in [7, 11) is 5.84. The van der Waals surface area contributed by atoms with Gasteiger partial charge in [0.05, 0.1) is 40.8 Å². The molecule has 0 saturated heterocycles. The predicted molar refractivity (Wildman–Crippen MR) is 85.4 cm³/mol. The van der Waals surface area contributed by atoms with E-state index in [2.05, 4.69) is 4.84 Å². The maximum Gasteiger partial charge on any atom is 0.309 e. The zero-order valence-electron chi connectivity index (χ0n) is 15.4. The maximum atomic E-state index is 11.9. The number of quaternary nitrogens is 1. The Morgan fingerprint density at radius 1 is 1.12 bits per heavy atom. The molecular weight excluding hydrogens is 356 g/mol. The second-order valence-corrected chi connectivity index (χ2v) is 6.46. The third kappa shape index (κ3) is 17.0. The number of rotatable bonds is 13. The summed E-state index contributed by atoms with van der Waals surface area (Å²) in [5.41, 5.74) is 0. The molecule has 0 unspecified atom stereocenters. The highest BCUT2D eigenvalue weighted by Gasteiger charge is 2.25. The van der Waals surface area contributed by atoms with E-state index >= 15 is 0 Å². The lowest BCUT2D eigenvalue weighted by molar-refractivity contribution is -0.873. The van der Waals surface area contributed by atoms with Crippen LogP contribution in [-0.2, 0) is 23.9 Å². The van der Waals surface area contributed by atoms with E-state index in [1.807, 2.05) is 21.1 Å². The molecule has 0 aliphatic carbocycles. The van der Waals surface area contributed by atoms with Crippen LogP contribution in [0.3, 0.4) is 0 Å². The van der Waals surface area contributed by atoms with Gasteiger partial charge in [-0.2, -0.15) is 0 Å². The average molecular weight is 385 g/mol. The van der Waals surface area contributed by atoms with Crippen molar-refractivity contribution in [3.8, 4) is 0 Å². The van der Waals surface area contributed by atoms with Crippen molar-refractivity contribution in [2.75, 3.05) is 40.9 Å². The first kappa shape index (κ1) is 25.6. The van der Waals surface area contributed by atoms with Crippen LogP contribution < -0.4 is 12.4 Å². The molecule has 0 bridgehead atoms. The number of likely N-dealkylation sites (N-methyl/N-ethyl adjacent to an activating group) is 1. The Morgan fingerprint density at radius 3 is 2.28 bits per heavy atom. The van der Waals surface area contributed by atoms with Gasteiger partial charge in [0.25, 0.3) is 5.09 Å². The number of hydrogen-bond acceptors (Lipinski definition) is 7. The Morgan fingerprint density at radius 2 is 1.76 bits per heavy atom. The zero-order valence-corrected chi connectivity index (χ0v) is 16.1. The van der Waals surface area contributed by atoms with Gasteiger partial charge in [0.15, 0.2) is 6.10 Å². The molecule has 0 aromatic rings. The van der Waals surface area contributed by atoms with Crippen LogP contribution in [0.15, 0.2) is 0 Å². The van der Waals surface area contributed by atoms with E-state index in [9.17, 15) is 19.7 Å². The first-order valence-electron chi connectivity index (χ1n) is 8.07. The number of carbonyl (C=O) groups excluding carboxylic acids is 2. The number of unbranched alkanes of at least 4 members (excludes halogenated alkanes) is 2. The monoisotopic (exact) mass is 384 g/mol. The fourth-order valence-electron chi connectivity index (χ4n) is 2.09. The summed E-state index contributed by atoms with van der Waals surface area (Å²) in [6.45, 7) is 2.54. The molecule has 0 aliphatic rings. The Balaban J connectivity index is 0. The van der Waals surface area contributed by atoms with Crippen molar-refractivity contribution >= 4 is 11.9 Å². The number of esters is 2. The lowest BCUT2D eigenvalue weighted by Gasteiger charge is -2.28. The fourth-order valence-corrected chi connectivity index (χ4v) is 2.09. The van der Waals surface area contributed by atoms with Gasteiger partial charge in [-0.15, -0.1) is 10.1 Å². The van der Waals surface area contributed by atoms with Gasteiger partial charge in [0, 0.05) is 6.42 Å². The molecule has 0 spiro atoms. The molecule has 0 radical (unpaired) electrons. The molecule has 10 heteroatoms. The van der Waals surface area contributed by atoms with Crippen molar-refractivity contribution in [1.29, 1.82) is 0 Å². The third-order valence-electron chi connectivity index (χ3n) is 2.97. The number of ether oxygens (including phenoxy) is 2. The van der Waals surface area contributed by atoms with Crippen molar-refractivity contribution in [1.82, 2.24) is 0 Å². The highest BCUT2D eigenvalue weighted by atomic mass is 35.5. The van der Waals surface area contributed by atoms with Gasteiger partial charge in [0.2, 0.25) is 0 Å². The van der Waals surface area contributed by atoms with Gasteiger partial charge in [-0.3, -0.25) is 9.59 Å². The van der Waals surface area contributed by atoms with Crippen LogP contribution in [0.25, 0.3) is 0 Å². The molecule has 148 valence electrons. The SMILES string of the molecule is CCOC(=O)C[C@@H](C[N+](C)(C)C)OC(=O)CCCCCO[N+](=O)[O-].[Cl-]. The minimum atomic E-state index is -0.834. The fraction of sp³-hybridized carbons (Fsp3) is 0.867.